The van der Waals surface area contributed by atoms with Gasteiger partial charge in [-0.25, -0.2) is 4.99 Å². The summed E-state index contributed by atoms with van der Waals surface area (Å²) in [5.41, 5.74) is 1.79. The SMILES string of the molecule is CCNC(=NCC(=O)N(C)C)NCCC(=O)Nc1cc(Br)ccc1C. The Labute approximate surface area is 157 Å². The van der Waals surface area contributed by atoms with Crippen LogP contribution in [0.3, 0.4) is 0 Å². The lowest BCUT2D eigenvalue weighted by atomic mass is 10.2. The standard InChI is InChI=1S/C17H26BrN5O2/c1-5-19-17(21-11-16(25)23(3)4)20-9-8-15(24)22-14-10-13(18)7-6-12(14)2/h6-7,10H,5,8-9,11H2,1-4H3,(H,22,24)(H2,19,20,21). The van der Waals surface area contributed by atoms with E-state index in [4.69, 9.17) is 0 Å². The molecule has 1 aromatic carbocycles. The minimum absolute atomic E-state index is 0.0613. The molecule has 0 aliphatic heterocycles. The number of rotatable bonds is 7. The normalized spacial score (nSPS) is 11.0. The minimum Gasteiger partial charge on any atom is -0.357 e. The van der Waals surface area contributed by atoms with Gasteiger partial charge in [-0.3, -0.25) is 9.59 Å². The zero-order valence-electron chi connectivity index (χ0n) is 15.1. The number of anilines is 1. The van der Waals surface area contributed by atoms with Gasteiger partial charge in [0, 0.05) is 43.8 Å². The Morgan fingerprint density at radius 3 is 2.60 bits per heavy atom. The predicted molar refractivity (Wildman–Crippen MR) is 105 cm³/mol. The lowest BCUT2D eigenvalue weighted by Gasteiger charge is -2.13. The molecule has 1 rings (SSSR count). The number of aliphatic imine (C=N–C) groups is 1. The summed E-state index contributed by atoms with van der Waals surface area (Å²) in [4.78, 5) is 29.4. The van der Waals surface area contributed by atoms with Gasteiger partial charge < -0.3 is 20.9 Å². The van der Waals surface area contributed by atoms with Crippen LogP contribution in [0.5, 0.6) is 0 Å². The molecule has 0 aliphatic carbocycles. The molecule has 2 amide bonds. The number of hydrogen-bond acceptors (Lipinski definition) is 3. The summed E-state index contributed by atoms with van der Waals surface area (Å²) in [5.74, 6) is 0.345. The largest absolute Gasteiger partial charge is 0.357 e. The molecule has 3 N–H and O–H groups in total. The molecule has 0 saturated heterocycles. The van der Waals surface area contributed by atoms with Crippen molar-refractivity contribution in [3.8, 4) is 0 Å². The number of guanidine groups is 1. The van der Waals surface area contributed by atoms with Gasteiger partial charge in [-0.05, 0) is 31.5 Å². The van der Waals surface area contributed by atoms with Crippen molar-refractivity contribution in [2.45, 2.75) is 20.3 Å². The minimum atomic E-state index is -0.0890. The number of nitrogens with zero attached hydrogens (tertiary/aromatic N) is 2. The van der Waals surface area contributed by atoms with Crippen molar-refractivity contribution >= 4 is 39.4 Å². The van der Waals surface area contributed by atoms with Gasteiger partial charge in [0.05, 0.1) is 0 Å². The molecule has 0 aromatic heterocycles. The van der Waals surface area contributed by atoms with E-state index in [-0.39, 0.29) is 24.8 Å². The van der Waals surface area contributed by atoms with Gasteiger partial charge in [0.2, 0.25) is 11.8 Å². The molecule has 0 fully saturated rings. The smallest absolute Gasteiger partial charge is 0.243 e. The Kier molecular flexibility index (Phi) is 8.98. The summed E-state index contributed by atoms with van der Waals surface area (Å²) >= 11 is 3.40. The van der Waals surface area contributed by atoms with E-state index in [0.717, 1.165) is 15.7 Å². The van der Waals surface area contributed by atoms with Crippen molar-refractivity contribution in [1.29, 1.82) is 0 Å². The first-order chi connectivity index (χ1) is 11.8. The summed E-state index contributed by atoms with van der Waals surface area (Å²) in [6, 6.07) is 5.75. The van der Waals surface area contributed by atoms with Crippen molar-refractivity contribution in [2.24, 2.45) is 4.99 Å². The van der Waals surface area contributed by atoms with Gasteiger partial charge in [0.25, 0.3) is 0 Å². The van der Waals surface area contributed by atoms with E-state index in [1.165, 1.54) is 4.90 Å². The molecule has 1 aromatic rings. The molecule has 0 atom stereocenters. The Bertz CT molecular complexity index is 631. The Morgan fingerprint density at radius 2 is 1.96 bits per heavy atom. The molecule has 8 heteroatoms. The quantitative estimate of drug-likeness (QED) is 0.471. The van der Waals surface area contributed by atoms with Gasteiger partial charge in [-0.15, -0.1) is 0 Å². The summed E-state index contributed by atoms with van der Waals surface area (Å²) in [7, 11) is 3.37. The number of likely N-dealkylation sites (N-methyl/N-ethyl adjacent to an activating group) is 1. The van der Waals surface area contributed by atoms with Crippen molar-refractivity contribution in [3.63, 3.8) is 0 Å². The Morgan fingerprint density at radius 1 is 1.24 bits per heavy atom. The van der Waals surface area contributed by atoms with Crippen molar-refractivity contribution in [2.75, 3.05) is 39.0 Å². The third-order valence-electron chi connectivity index (χ3n) is 3.33. The van der Waals surface area contributed by atoms with E-state index in [1.54, 1.807) is 14.1 Å². The highest BCUT2D eigenvalue weighted by molar-refractivity contribution is 9.10. The first-order valence-electron chi connectivity index (χ1n) is 8.11. The Hall–Kier alpha value is -2.09. The number of benzene rings is 1. The van der Waals surface area contributed by atoms with Crippen LogP contribution in [0.1, 0.15) is 18.9 Å². The van der Waals surface area contributed by atoms with Crippen LogP contribution in [0.4, 0.5) is 5.69 Å². The van der Waals surface area contributed by atoms with Crippen molar-refractivity contribution < 1.29 is 9.59 Å². The van der Waals surface area contributed by atoms with Crippen LogP contribution in [0.2, 0.25) is 0 Å². The van der Waals surface area contributed by atoms with Gasteiger partial charge in [0.15, 0.2) is 5.96 Å². The maximum atomic E-state index is 12.1. The maximum absolute atomic E-state index is 12.1. The number of carbonyl (C=O) groups is 2. The summed E-state index contributed by atoms with van der Waals surface area (Å²) in [6.45, 7) is 5.03. The van der Waals surface area contributed by atoms with Crippen molar-refractivity contribution in [3.05, 3.63) is 28.2 Å². The van der Waals surface area contributed by atoms with Crippen molar-refractivity contribution in [1.82, 2.24) is 15.5 Å². The molecule has 25 heavy (non-hydrogen) atoms. The molecular weight excluding hydrogens is 386 g/mol. The topological polar surface area (TPSA) is 85.8 Å². The number of nitrogens with one attached hydrogen (secondary N) is 3. The van der Waals surface area contributed by atoms with Gasteiger partial charge in [0.1, 0.15) is 6.54 Å². The van der Waals surface area contributed by atoms with Crippen LogP contribution in [-0.2, 0) is 9.59 Å². The molecule has 0 bridgehead atoms. The first kappa shape index (κ1) is 21.0. The molecule has 138 valence electrons. The van der Waals surface area contributed by atoms with Crippen LogP contribution in [0, 0.1) is 6.92 Å². The number of halogens is 1. The second-order valence-corrected chi connectivity index (χ2v) is 6.58. The van der Waals surface area contributed by atoms with Crippen LogP contribution in [0.15, 0.2) is 27.7 Å². The highest BCUT2D eigenvalue weighted by Gasteiger charge is 2.07. The van der Waals surface area contributed by atoms with Gasteiger partial charge in [-0.2, -0.15) is 0 Å². The average Bonchev–Trinajstić information content (AvgIpc) is 2.55. The van der Waals surface area contributed by atoms with E-state index in [0.29, 0.717) is 19.0 Å². The van der Waals surface area contributed by atoms with Crippen LogP contribution in [-0.4, -0.2) is 56.4 Å². The van der Waals surface area contributed by atoms with E-state index in [9.17, 15) is 9.59 Å². The van der Waals surface area contributed by atoms with Gasteiger partial charge in [-0.1, -0.05) is 22.0 Å². The fourth-order valence-corrected chi connectivity index (χ4v) is 2.23. The average molecular weight is 412 g/mol. The molecule has 0 heterocycles. The monoisotopic (exact) mass is 411 g/mol. The third-order valence-corrected chi connectivity index (χ3v) is 3.83. The van der Waals surface area contributed by atoms with Crippen LogP contribution in [0.25, 0.3) is 0 Å². The zero-order valence-corrected chi connectivity index (χ0v) is 16.7. The van der Waals surface area contributed by atoms with Crippen LogP contribution < -0.4 is 16.0 Å². The molecule has 0 radical (unpaired) electrons. The fraction of sp³-hybridized carbons (Fsp3) is 0.471. The second-order valence-electron chi connectivity index (χ2n) is 5.67. The summed E-state index contributed by atoms with van der Waals surface area (Å²) in [5, 5.41) is 8.99. The lowest BCUT2D eigenvalue weighted by Crippen LogP contribution is -2.39. The molecule has 7 nitrogen and oxygen atoms in total. The molecule has 0 saturated carbocycles. The highest BCUT2D eigenvalue weighted by Crippen LogP contribution is 2.20. The molecule has 0 aliphatic rings. The zero-order chi connectivity index (χ0) is 18.8. The fourth-order valence-electron chi connectivity index (χ4n) is 1.87. The summed E-state index contributed by atoms with van der Waals surface area (Å²) < 4.78 is 0.915. The number of hydrogen-bond donors (Lipinski definition) is 3. The second kappa shape index (κ2) is 10.7. The first-order valence-corrected chi connectivity index (χ1v) is 8.91. The van der Waals surface area contributed by atoms with Crippen LogP contribution >= 0.6 is 15.9 Å². The lowest BCUT2D eigenvalue weighted by molar-refractivity contribution is -0.127. The number of aryl methyl sites for hydroxylation is 1. The van der Waals surface area contributed by atoms with E-state index in [1.807, 2.05) is 32.0 Å². The number of amides is 2. The summed E-state index contributed by atoms with van der Waals surface area (Å²) in [6.07, 6.45) is 0.290. The molecule has 0 spiro atoms. The molecule has 0 unspecified atom stereocenters. The predicted octanol–water partition coefficient (Wildman–Crippen LogP) is 1.73. The van der Waals surface area contributed by atoms with E-state index < -0.39 is 0 Å². The van der Waals surface area contributed by atoms with E-state index >= 15 is 0 Å². The van der Waals surface area contributed by atoms with E-state index in [2.05, 4.69) is 36.9 Å². The Balaban J connectivity index is 2.49. The van der Waals surface area contributed by atoms with Gasteiger partial charge >= 0.3 is 0 Å². The molecular formula is C17H26BrN5O2. The maximum Gasteiger partial charge on any atom is 0.243 e. The highest BCUT2D eigenvalue weighted by atomic mass is 79.9. The number of carbonyl (C=O) groups excluding carboxylic acids is 2. The third kappa shape index (κ3) is 8.02.